The summed E-state index contributed by atoms with van der Waals surface area (Å²) in [6.07, 6.45) is 5.20. The molecule has 1 aliphatic carbocycles. The van der Waals surface area contributed by atoms with Crippen molar-refractivity contribution < 1.29 is 9.90 Å². The Morgan fingerprint density at radius 1 is 1.47 bits per heavy atom. The molecule has 6 heteroatoms. The van der Waals surface area contributed by atoms with Crippen molar-refractivity contribution in [1.29, 1.82) is 0 Å². The number of carbonyl (C=O) groups is 1. The summed E-state index contributed by atoms with van der Waals surface area (Å²) in [5.41, 5.74) is 4.45. The number of H-pyrrole nitrogens is 1. The maximum absolute atomic E-state index is 11.9. The summed E-state index contributed by atoms with van der Waals surface area (Å²) >= 11 is 0. The lowest BCUT2D eigenvalue weighted by atomic mass is 9.90. The van der Waals surface area contributed by atoms with E-state index >= 15 is 0 Å². The zero-order valence-electron chi connectivity index (χ0n) is 10.3. The molecule has 0 saturated heterocycles. The fraction of sp³-hybridized carbons (Fsp3) is 0.308. The van der Waals surface area contributed by atoms with Crippen LogP contribution in [0.4, 0.5) is 0 Å². The highest BCUT2D eigenvalue weighted by Gasteiger charge is 2.24. The standard InChI is InChI=1S/C13H14N4O2/c18-6-5-15-13(19)12-10-2-1-8-7-14-4-3-9(8)11(10)16-17-12/h3-4,7,18H,1-2,5-6H2,(H,15,19)(H,16,17). The van der Waals surface area contributed by atoms with E-state index < -0.39 is 0 Å². The number of nitrogens with one attached hydrogen (secondary N) is 2. The van der Waals surface area contributed by atoms with Crippen LogP contribution in [0.2, 0.25) is 0 Å². The van der Waals surface area contributed by atoms with Crippen LogP contribution in [0, 0.1) is 0 Å². The number of aliphatic hydroxyl groups is 1. The van der Waals surface area contributed by atoms with Crippen LogP contribution in [-0.2, 0) is 12.8 Å². The Morgan fingerprint density at radius 2 is 2.37 bits per heavy atom. The Kier molecular flexibility index (Phi) is 3.00. The molecule has 0 aromatic carbocycles. The van der Waals surface area contributed by atoms with Crippen LogP contribution in [0.3, 0.4) is 0 Å². The maximum Gasteiger partial charge on any atom is 0.269 e. The van der Waals surface area contributed by atoms with E-state index in [0.717, 1.165) is 35.2 Å². The molecule has 0 radical (unpaired) electrons. The fourth-order valence-electron chi connectivity index (χ4n) is 2.39. The molecular formula is C13H14N4O2. The molecule has 2 aromatic heterocycles. The molecule has 6 nitrogen and oxygen atoms in total. The SMILES string of the molecule is O=C(NCCO)c1[nH]nc2c1CCc1cnccc1-2. The Hall–Kier alpha value is -2.21. The van der Waals surface area contributed by atoms with Crippen molar-refractivity contribution >= 4 is 5.91 Å². The summed E-state index contributed by atoms with van der Waals surface area (Å²) in [7, 11) is 0. The summed E-state index contributed by atoms with van der Waals surface area (Å²) in [5, 5.41) is 18.4. The second-order valence-electron chi connectivity index (χ2n) is 4.44. The van der Waals surface area contributed by atoms with Crippen molar-refractivity contribution in [2.45, 2.75) is 12.8 Å². The lowest BCUT2D eigenvalue weighted by molar-refractivity contribution is 0.0939. The Balaban J connectivity index is 1.97. The zero-order valence-corrected chi connectivity index (χ0v) is 10.3. The number of amides is 1. The number of aromatic nitrogens is 3. The van der Waals surface area contributed by atoms with Crippen LogP contribution in [-0.4, -0.2) is 39.3 Å². The molecule has 3 N–H and O–H groups in total. The van der Waals surface area contributed by atoms with E-state index in [0.29, 0.717) is 5.69 Å². The predicted octanol–water partition coefficient (Wildman–Crippen LogP) is 0.292. The Morgan fingerprint density at radius 3 is 3.21 bits per heavy atom. The van der Waals surface area contributed by atoms with Crippen LogP contribution < -0.4 is 5.32 Å². The highest BCUT2D eigenvalue weighted by Crippen LogP contribution is 2.32. The summed E-state index contributed by atoms with van der Waals surface area (Å²) in [6, 6.07) is 1.92. The maximum atomic E-state index is 11.9. The van der Waals surface area contributed by atoms with Gasteiger partial charge in [0.05, 0.1) is 12.3 Å². The summed E-state index contributed by atoms with van der Waals surface area (Å²) < 4.78 is 0. The summed E-state index contributed by atoms with van der Waals surface area (Å²) in [6.45, 7) is 0.170. The number of pyridine rings is 1. The minimum atomic E-state index is -0.222. The monoisotopic (exact) mass is 258 g/mol. The van der Waals surface area contributed by atoms with Crippen LogP contribution in [0.25, 0.3) is 11.3 Å². The van der Waals surface area contributed by atoms with Gasteiger partial charge >= 0.3 is 0 Å². The third-order valence-electron chi connectivity index (χ3n) is 3.29. The second-order valence-corrected chi connectivity index (χ2v) is 4.44. The molecule has 0 aliphatic heterocycles. The number of aliphatic hydroxyl groups excluding tert-OH is 1. The van der Waals surface area contributed by atoms with Gasteiger partial charge < -0.3 is 10.4 Å². The summed E-state index contributed by atoms with van der Waals surface area (Å²) in [5.74, 6) is -0.222. The van der Waals surface area contributed by atoms with E-state index in [4.69, 9.17) is 5.11 Å². The molecule has 1 aliphatic rings. The van der Waals surface area contributed by atoms with Crippen molar-refractivity contribution in [2.75, 3.05) is 13.2 Å². The van der Waals surface area contributed by atoms with E-state index in [1.54, 1.807) is 6.20 Å². The van der Waals surface area contributed by atoms with Gasteiger partial charge in [0.25, 0.3) is 5.91 Å². The van der Waals surface area contributed by atoms with Crippen molar-refractivity contribution in [2.24, 2.45) is 0 Å². The number of aryl methyl sites for hydroxylation is 1. The van der Waals surface area contributed by atoms with E-state index in [1.807, 2.05) is 12.3 Å². The van der Waals surface area contributed by atoms with Crippen molar-refractivity contribution in [3.63, 3.8) is 0 Å². The van der Waals surface area contributed by atoms with Gasteiger partial charge in [-0.25, -0.2) is 0 Å². The van der Waals surface area contributed by atoms with Crippen LogP contribution in [0.15, 0.2) is 18.5 Å². The van der Waals surface area contributed by atoms with Crippen molar-refractivity contribution in [1.82, 2.24) is 20.5 Å². The number of rotatable bonds is 3. The molecule has 3 rings (SSSR count). The smallest absolute Gasteiger partial charge is 0.269 e. The largest absolute Gasteiger partial charge is 0.395 e. The van der Waals surface area contributed by atoms with E-state index in [-0.39, 0.29) is 19.1 Å². The normalized spacial score (nSPS) is 12.7. The summed E-state index contributed by atoms with van der Waals surface area (Å²) in [4.78, 5) is 16.1. The number of fused-ring (bicyclic) bond motifs is 3. The van der Waals surface area contributed by atoms with E-state index in [9.17, 15) is 4.79 Å². The first-order chi connectivity index (χ1) is 9.31. The number of aromatic amines is 1. The van der Waals surface area contributed by atoms with Crippen LogP contribution in [0.5, 0.6) is 0 Å². The molecule has 0 spiro atoms. The highest BCUT2D eigenvalue weighted by molar-refractivity contribution is 5.95. The molecular weight excluding hydrogens is 244 g/mol. The van der Waals surface area contributed by atoms with Gasteiger partial charge in [-0.05, 0) is 24.5 Å². The van der Waals surface area contributed by atoms with Crippen molar-refractivity contribution in [3.05, 3.63) is 35.3 Å². The average molecular weight is 258 g/mol. The molecule has 19 heavy (non-hydrogen) atoms. The minimum Gasteiger partial charge on any atom is -0.395 e. The zero-order chi connectivity index (χ0) is 13.2. The van der Waals surface area contributed by atoms with Gasteiger partial charge in [-0.2, -0.15) is 5.10 Å². The highest BCUT2D eigenvalue weighted by atomic mass is 16.3. The van der Waals surface area contributed by atoms with E-state index in [1.165, 1.54) is 0 Å². The molecule has 0 unspecified atom stereocenters. The lowest BCUT2D eigenvalue weighted by Gasteiger charge is -2.15. The van der Waals surface area contributed by atoms with Gasteiger partial charge in [-0.1, -0.05) is 0 Å². The molecule has 2 heterocycles. The first-order valence-electron chi connectivity index (χ1n) is 6.21. The molecule has 1 amide bonds. The van der Waals surface area contributed by atoms with E-state index in [2.05, 4.69) is 20.5 Å². The fourth-order valence-corrected chi connectivity index (χ4v) is 2.39. The predicted molar refractivity (Wildman–Crippen MR) is 68.6 cm³/mol. The van der Waals surface area contributed by atoms with Crippen molar-refractivity contribution in [3.8, 4) is 11.3 Å². The Bertz CT molecular complexity index is 621. The third-order valence-corrected chi connectivity index (χ3v) is 3.29. The first kappa shape index (κ1) is 11.9. The number of nitrogens with zero attached hydrogens (tertiary/aromatic N) is 2. The quantitative estimate of drug-likeness (QED) is 0.738. The van der Waals surface area contributed by atoms with Gasteiger partial charge in [0, 0.05) is 30.1 Å². The molecule has 2 aromatic rings. The van der Waals surface area contributed by atoms with Crippen LogP contribution in [0.1, 0.15) is 21.6 Å². The van der Waals surface area contributed by atoms with Gasteiger partial charge in [-0.15, -0.1) is 0 Å². The average Bonchev–Trinajstić information content (AvgIpc) is 2.89. The number of hydrogen-bond donors (Lipinski definition) is 3. The topological polar surface area (TPSA) is 90.9 Å². The molecule has 0 fully saturated rings. The van der Waals surface area contributed by atoms with Gasteiger partial charge in [0.2, 0.25) is 0 Å². The van der Waals surface area contributed by atoms with Gasteiger partial charge in [0.15, 0.2) is 0 Å². The lowest BCUT2D eigenvalue weighted by Crippen LogP contribution is -2.27. The van der Waals surface area contributed by atoms with Gasteiger partial charge in [-0.3, -0.25) is 14.9 Å². The third kappa shape index (κ3) is 2.00. The first-order valence-corrected chi connectivity index (χ1v) is 6.21. The minimum absolute atomic E-state index is 0.0728. The Labute approximate surface area is 109 Å². The molecule has 0 bridgehead atoms. The second kappa shape index (κ2) is 4.81. The number of carbonyl (C=O) groups excluding carboxylic acids is 1. The van der Waals surface area contributed by atoms with Gasteiger partial charge in [0.1, 0.15) is 5.69 Å². The van der Waals surface area contributed by atoms with Crippen LogP contribution >= 0.6 is 0 Å². The number of hydrogen-bond acceptors (Lipinski definition) is 4. The molecule has 0 atom stereocenters. The molecule has 0 saturated carbocycles. The molecule has 98 valence electrons.